The molecule has 1 unspecified atom stereocenters. The Labute approximate surface area is 107 Å². The number of halogens is 3. The first-order valence-corrected chi connectivity index (χ1v) is 5.41. The number of benzene rings is 1. The molecule has 0 aliphatic rings. The second-order valence-electron chi connectivity index (χ2n) is 4.00. The molecule has 102 valence electrons. The van der Waals surface area contributed by atoms with Crippen molar-refractivity contribution < 1.29 is 17.9 Å². The van der Waals surface area contributed by atoms with E-state index < -0.39 is 23.5 Å². The van der Waals surface area contributed by atoms with E-state index in [2.05, 4.69) is 5.10 Å². The molecule has 4 nitrogen and oxygen atoms in total. The van der Waals surface area contributed by atoms with Crippen molar-refractivity contribution in [2.75, 3.05) is 7.11 Å². The van der Waals surface area contributed by atoms with Gasteiger partial charge in [0.2, 0.25) is 0 Å². The molecule has 0 spiro atoms. The summed E-state index contributed by atoms with van der Waals surface area (Å²) >= 11 is 0. The van der Waals surface area contributed by atoms with Crippen LogP contribution in [-0.4, -0.2) is 16.9 Å². The van der Waals surface area contributed by atoms with Gasteiger partial charge >= 0.3 is 0 Å². The molecule has 0 aliphatic heterocycles. The summed E-state index contributed by atoms with van der Waals surface area (Å²) in [5, 5.41) is 3.95. The molecule has 0 fully saturated rings. The minimum atomic E-state index is -1.52. The van der Waals surface area contributed by atoms with Gasteiger partial charge in [-0.3, -0.25) is 4.68 Å². The van der Waals surface area contributed by atoms with Gasteiger partial charge in [0.05, 0.1) is 19.3 Å². The molecule has 0 saturated carbocycles. The fourth-order valence-electron chi connectivity index (χ4n) is 1.85. The minimum Gasteiger partial charge on any atom is -0.493 e. The van der Waals surface area contributed by atoms with Crippen LogP contribution in [-0.2, 0) is 7.05 Å². The predicted octanol–water partition coefficient (Wildman–Crippen LogP) is 1.89. The van der Waals surface area contributed by atoms with E-state index in [1.807, 2.05) is 0 Å². The third-order valence-corrected chi connectivity index (χ3v) is 2.83. The molecule has 1 atom stereocenters. The molecule has 0 radical (unpaired) electrons. The van der Waals surface area contributed by atoms with E-state index >= 15 is 0 Å². The molecule has 19 heavy (non-hydrogen) atoms. The summed E-state index contributed by atoms with van der Waals surface area (Å²) < 4.78 is 45.8. The Morgan fingerprint density at radius 3 is 2.37 bits per heavy atom. The quantitative estimate of drug-likeness (QED) is 0.867. The monoisotopic (exact) mass is 271 g/mol. The zero-order valence-electron chi connectivity index (χ0n) is 10.3. The highest BCUT2D eigenvalue weighted by Gasteiger charge is 2.21. The van der Waals surface area contributed by atoms with Crippen LogP contribution in [0.2, 0.25) is 0 Å². The van der Waals surface area contributed by atoms with Gasteiger partial charge in [-0.1, -0.05) is 0 Å². The Bertz CT molecular complexity index is 589. The van der Waals surface area contributed by atoms with Crippen LogP contribution < -0.4 is 10.5 Å². The largest absolute Gasteiger partial charge is 0.493 e. The van der Waals surface area contributed by atoms with E-state index in [0.29, 0.717) is 11.4 Å². The van der Waals surface area contributed by atoms with Crippen molar-refractivity contribution in [3.8, 4) is 5.75 Å². The summed E-state index contributed by atoms with van der Waals surface area (Å²) in [6.45, 7) is 0. The molecule has 1 aromatic heterocycles. The molecular weight excluding hydrogens is 259 g/mol. The Kier molecular flexibility index (Phi) is 3.48. The van der Waals surface area contributed by atoms with E-state index in [-0.39, 0.29) is 5.56 Å². The Morgan fingerprint density at radius 2 is 1.84 bits per heavy atom. The van der Waals surface area contributed by atoms with E-state index in [0.717, 1.165) is 12.1 Å². The van der Waals surface area contributed by atoms with Crippen molar-refractivity contribution >= 4 is 0 Å². The van der Waals surface area contributed by atoms with Crippen LogP contribution in [0.15, 0.2) is 18.3 Å². The highest BCUT2D eigenvalue weighted by Crippen LogP contribution is 2.29. The van der Waals surface area contributed by atoms with Crippen LogP contribution in [0, 0.1) is 17.5 Å². The maximum atomic E-state index is 13.2. The number of rotatable bonds is 3. The lowest BCUT2D eigenvalue weighted by molar-refractivity contribution is 0.405. The number of methoxy groups -OCH3 is 1. The number of ether oxygens (including phenoxy) is 1. The number of hydrogen-bond acceptors (Lipinski definition) is 3. The molecular formula is C12H12F3N3O. The summed E-state index contributed by atoms with van der Waals surface area (Å²) in [5.74, 6) is -3.70. The van der Waals surface area contributed by atoms with Crippen LogP contribution in [0.5, 0.6) is 5.75 Å². The first kappa shape index (κ1) is 13.4. The van der Waals surface area contributed by atoms with Crippen molar-refractivity contribution in [2.24, 2.45) is 12.8 Å². The number of aryl methyl sites for hydroxylation is 1. The molecule has 1 aromatic carbocycles. The molecule has 0 amide bonds. The van der Waals surface area contributed by atoms with Crippen molar-refractivity contribution in [2.45, 2.75) is 6.04 Å². The minimum absolute atomic E-state index is 0.0956. The van der Waals surface area contributed by atoms with E-state index in [4.69, 9.17) is 10.5 Å². The molecule has 2 rings (SSSR count). The summed E-state index contributed by atoms with van der Waals surface area (Å²) in [5.41, 5.74) is 6.46. The van der Waals surface area contributed by atoms with Gasteiger partial charge in [-0.05, 0) is 17.7 Å². The average Bonchev–Trinajstić information content (AvgIpc) is 2.75. The average molecular weight is 271 g/mol. The molecule has 2 N–H and O–H groups in total. The molecule has 0 aliphatic carbocycles. The zero-order chi connectivity index (χ0) is 14.2. The topological polar surface area (TPSA) is 53.1 Å². The van der Waals surface area contributed by atoms with Crippen molar-refractivity contribution in [3.63, 3.8) is 0 Å². The molecule has 0 bridgehead atoms. The van der Waals surface area contributed by atoms with Crippen molar-refractivity contribution in [1.82, 2.24) is 9.78 Å². The second-order valence-corrected chi connectivity index (χ2v) is 4.00. The standard InChI is InChI=1S/C12H12F3N3O/c1-18-12(9(19-2)5-17-18)11(16)6-3-7(13)10(15)8(14)4-6/h3-5,11H,16H2,1-2H3. The van der Waals surface area contributed by atoms with E-state index in [9.17, 15) is 13.2 Å². The SMILES string of the molecule is COc1cnn(C)c1C(N)c1cc(F)c(F)c(F)c1. The number of nitrogens with two attached hydrogens (primary N) is 1. The van der Waals surface area contributed by atoms with Crippen molar-refractivity contribution in [3.05, 3.63) is 47.0 Å². The van der Waals surface area contributed by atoms with Crippen LogP contribution in [0.25, 0.3) is 0 Å². The van der Waals surface area contributed by atoms with Crippen LogP contribution in [0.1, 0.15) is 17.3 Å². The predicted molar refractivity (Wildman–Crippen MR) is 62.1 cm³/mol. The highest BCUT2D eigenvalue weighted by atomic mass is 19.2. The molecule has 1 heterocycles. The fourth-order valence-corrected chi connectivity index (χ4v) is 1.85. The van der Waals surface area contributed by atoms with Gasteiger partial charge < -0.3 is 10.5 Å². The van der Waals surface area contributed by atoms with Crippen LogP contribution >= 0.6 is 0 Å². The lowest BCUT2D eigenvalue weighted by Gasteiger charge is -2.15. The summed E-state index contributed by atoms with van der Waals surface area (Å²) in [6, 6.07) is 0.831. The molecule has 0 saturated heterocycles. The van der Waals surface area contributed by atoms with Crippen molar-refractivity contribution in [1.29, 1.82) is 0 Å². The van der Waals surface area contributed by atoms with Crippen LogP contribution in [0.4, 0.5) is 13.2 Å². The summed E-state index contributed by atoms with van der Waals surface area (Å²) in [4.78, 5) is 0. The second kappa shape index (κ2) is 4.93. The third-order valence-electron chi connectivity index (χ3n) is 2.83. The van der Waals surface area contributed by atoms with Gasteiger partial charge in [-0.15, -0.1) is 0 Å². The smallest absolute Gasteiger partial charge is 0.194 e. The van der Waals surface area contributed by atoms with Crippen LogP contribution in [0.3, 0.4) is 0 Å². The van der Waals surface area contributed by atoms with E-state index in [1.54, 1.807) is 7.05 Å². The number of aromatic nitrogens is 2. The number of hydrogen-bond donors (Lipinski definition) is 1. The third kappa shape index (κ3) is 2.28. The Balaban J connectivity index is 2.49. The van der Waals surface area contributed by atoms with Gasteiger partial charge in [0.25, 0.3) is 0 Å². The highest BCUT2D eigenvalue weighted by molar-refractivity contribution is 5.36. The summed E-state index contributed by atoms with van der Waals surface area (Å²) in [6.07, 6.45) is 1.44. The lowest BCUT2D eigenvalue weighted by atomic mass is 10.0. The summed E-state index contributed by atoms with van der Waals surface area (Å²) in [7, 11) is 3.05. The number of nitrogens with zero attached hydrogens (tertiary/aromatic N) is 2. The normalized spacial score (nSPS) is 12.5. The Morgan fingerprint density at radius 1 is 1.26 bits per heavy atom. The molecule has 2 aromatic rings. The van der Waals surface area contributed by atoms with Gasteiger partial charge in [0, 0.05) is 7.05 Å². The first-order valence-electron chi connectivity index (χ1n) is 5.41. The van der Waals surface area contributed by atoms with E-state index in [1.165, 1.54) is 18.0 Å². The zero-order valence-corrected chi connectivity index (χ0v) is 10.3. The Hall–Kier alpha value is -2.02. The molecule has 7 heteroatoms. The van der Waals surface area contributed by atoms with Gasteiger partial charge in [-0.25, -0.2) is 13.2 Å². The fraction of sp³-hybridized carbons (Fsp3) is 0.250. The van der Waals surface area contributed by atoms with Gasteiger partial charge in [0.15, 0.2) is 23.2 Å². The van der Waals surface area contributed by atoms with Gasteiger partial charge in [0.1, 0.15) is 5.69 Å². The maximum absolute atomic E-state index is 13.2. The maximum Gasteiger partial charge on any atom is 0.194 e. The van der Waals surface area contributed by atoms with Gasteiger partial charge in [-0.2, -0.15) is 5.10 Å². The first-order chi connectivity index (χ1) is 8.95. The lowest BCUT2D eigenvalue weighted by Crippen LogP contribution is -2.17.